The van der Waals surface area contributed by atoms with E-state index in [1.54, 1.807) is 18.7 Å². The summed E-state index contributed by atoms with van der Waals surface area (Å²) in [6.07, 6.45) is 22.4. The van der Waals surface area contributed by atoms with Crippen molar-refractivity contribution in [1.29, 1.82) is 0 Å². The minimum atomic E-state index is -2.15. The molecular formula is C36H53N3O4. The molecule has 1 aliphatic rings. The fraction of sp³-hybridized carbons (Fsp3) is 0.472. The van der Waals surface area contributed by atoms with E-state index in [2.05, 4.69) is 61.4 Å². The molecule has 0 unspecified atom stereocenters. The molecular weight excluding hydrogens is 538 g/mol. The predicted octanol–water partition coefficient (Wildman–Crippen LogP) is 5.59. The molecule has 0 heterocycles. The SMILES string of the molecule is C#C.C#CCN/N=C(\C)c1ccccc1C1=CC(C)(C)C=C(CN(CC(O)(O)CCC)C(=C(C)C)C(C)(O)O)C=C1.CC. The predicted molar refractivity (Wildman–Crippen MR) is 181 cm³/mol. The monoisotopic (exact) mass is 591 g/mol. The van der Waals surface area contributed by atoms with Gasteiger partial charge in [-0.2, -0.15) is 5.10 Å². The first-order valence-electron chi connectivity index (χ1n) is 14.7. The molecule has 0 aliphatic heterocycles. The van der Waals surface area contributed by atoms with Crippen molar-refractivity contribution in [3.63, 3.8) is 0 Å². The van der Waals surface area contributed by atoms with Crippen LogP contribution >= 0.6 is 0 Å². The number of hydrogen-bond donors (Lipinski definition) is 5. The number of rotatable bonds is 12. The molecule has 236 valence electrons. The highest BCUT2D eigenvalue weighted by Gasteiger charge is 2.34. The number of nitrogens with zero attached hydrogens (tertiary/aromatic N) is 2. The molecule has 7 heteroatoms. The zero-order valence-corrected chi connectivity index (χ0v) is 27.6. The Labute approximate surface area is 260 Å². The van der Waals surface area contributed by atoms with Gasteiger partial charge in [-0.1, -0.05) is 101 Å². The molecule has 1 aromatic carbocycles. The largest absolute Gasteiger partial charge is 0.364 e. The van der Waals surface area contributed by atoms with Crippen LogP contribution in [0.5, 0.6) is 0 Å². The summed E-state index contributed by atoms with van der Waals surface area (Å²) in [6, 6.07) is 8.04. The van der Waals surface area contributed by atoms with Crippen LogP contribution in [-0.2, 0) is 0 Å². The first kappa shape index (κ1) is 39.4. The van der Waals surface area contributed by atoms with Gasteiger partial charge in [-0.25, -0.2) is 0 Å². The summed E-state index contributed by atoms with van der Waals surface area (Å²) < 4.78 is 0. The first-order chi connectivity index (χ1) is 20.1. The molecule has 0 amide bonds. The number of allylic oxidation sites excluding steroid dienone is 5. The van der Waals surface area contributed by atoms with Gasteiger partial charge in [0, 0.05) is 23.9 Å². The Morgan fingerprint density at radius 3 is 2.16 bits per heavy atom. The molecule has 0 atom stereocenters. The third kappa shape index (κ3) is 13.1. The van der Waals surface area contributed by atoms with Gasteiger partial charge in [0.1, 0.15) is 0 Å². The lowest BCUT2D eigenvalue weighted by Crippen LogP contribution is -2.48. The quantitative estimate of drug-likeness (QED) is 0.0713. The molecule has 0 spiro atoms. The van der Waals surface area contributed by atoms with Crippen molar-refractivity contribution in [3.8, 4) is 25.2 Å². The van der Waals surface area contributed by atoms with Crippen LogP contribution < -0.4 is 5.43 Å². The van der Waals surface area contributed by atoms with Gasteiger partial charge in [-0.3, -0.25) is 5.43 Å². The van der Waals surface area contributed by atoms with Gasteiger partial charge >= 0.3 is 0 Å². The van der Waals surface area contributed by atoms with Crippen LogP contribution in [0.1, 0.15) is 86.3 Å². The van der Waals surface area contributed by atoms with Crippen LogP contribution in [0.25, 0.3) is 5.57 Å². The Balaban J connectivity index is 0.00000422. The molecule has 0 saturated heterocycles. The summed E-state index contributed by atoms with van der Waals surface area (Å²) in [5, 5.41) is 47.0. The first-order valence-corrected chi connectivity index (χ1v) is 14.7. The van der Waals surface area contributed by atoms with Gasteiger partial charge in [-0.15, -0.1) is 19.3 Å². The fourth-order valence-corrected chi connectivity index (χ4v) is 5.10. The van der Waals surface area contributed by atoms with Gasteiger partial charge in [-0.05, 0) is 44.4 Å². The van der Waals surface area contributed by atoms with E-state index in [4.69, 9.17) is 6.42 Å². The van der Waals surface area contributed by atoms with E-state index >= 15 is 0 Å². The average Bonchev–Trinajstić information content (AvgIpc) is 3.06. The van der Waals surface area contributed by atoms with Gasteiger partial charge in [0.2, 0.25) is 5.79 Å². The number of hydrazone groups is 1. The number of aliphatic hydroxyl groups is 4. The Morgan fingerprint density at radius 1 is 1.02 bits per heavy atom. The number of hydrogen-bond acceptors (Lipinski definition) is 7. The normalized spacial score (nSPS) is 14.3. The highest BCUT2D eigenvalue weighted by molar-refractivity contribution is 6.03. The van der Waals surface area contributed by atoms with Crippen LogP contribution in [0.2, 0.25) is 0 Å². The summed E-state index contributed by atoms with van der Waals surface area (Å²) in [6.45, 7) is 17.3. The van der Waals surface area contributed by atoms with Crippen molar-refractivity contribution in [2.24, 2.45) is 10.5 Å². The van der Waals surface area contributed by atoms with Crippen molar-refractivity contribution < 1.29 is 20.4 Å². The molecule has 0 fully saturated rings. The molecule has 1 aromatic rings. The fourth-order valence-electron chi connectivity index (χ4n) is 5.10. The van der Waals surface area contributed by atoms with Crippen molar-refractivity contribution >= 4 is 11.3 Å². The van der Waals surface area contributed by atoms with Gasteiger partial charge in [0.05, 0.1) is 24.5 Å². The lowest BCUT2D eigenvalue weighted by atomic mass is 9.87. The van der Waals surface area contributed by atoms with Gasteiger partial charge in [0.25, 0.3) is 0 Å². The second-order valence-electron chi connectivity index (χ2n) is 11.2. The van der Waals surface area contributed by atoms with E-state index in [0.717, 1.165) is 28.0 Å². The molecule has 0 aromatic heterocycles. The van der Waals surface area contributed by atoms with Crippen LogP contribution in [-0.4, -0.2) is 62.2 Å². The maximum Gasteiger partial charge on any atom is 0.201 e. The molecule has 43 heavy (non-hydrogen) atoms. The summed E-state index contributed by atoms with van der Waals surface area (Å²) in [5.74, 6) is -1.62. The van der Waals surface area contributed by atoms with Crippen LogP contribution in [0.3, 0.4) is 0 Å². The Bertz CT molecular complexity index is 1250. The van der Waals surface area contributed by atoms with E-state index in [0.29, 0.717) is 18.5 Å². The molecule has 0 saturated carbocycles. The van der Waals surface area contributed by atoms with Crippen molar-refractivity contribution in [3.05, 3.63) is 76.5 Å². The van der Waals surface area contributed by atoms with Crippen LogP contribution in [0, 0.1) is 30.6 Å². The molecule has 1 aliphatic carbocycles. The summed E-state index contributed by atoms with van der Waals surface area (Å²) in [7, 11) is 0. The molecule has 0 radical (unpaired) electrons. The third-order valence-electron chi connectivity index (χ3n) is 6.32. The highest BCUT2D eigenvalue weighted by Crippen LogP contribution is 2.34. The second kappa shape index (κ2) is 18.2. The minimum Gasteiger partial charge on any atom is -0.364 e. The molecule has 0 bridgehead atoms. The van der Waals surface area contributed by atoms with Crippen molar-refractivity contribution in [2.75, 3.05) is 19.6 Å². The van der Waals surface area contributed by atoms with Crippen LogP contribution in [0.15, 0.2) is 70.5 Å². The van der Waals surface area contributed by atoms with Crippen molar-refractivity contribution in [1.82, 2.24) is 10.3 Å². The van der Waals surface area contributed by atoms with E-state index < -0.39 is 11.6 Å². The van der Waals surface area contributed by atoms with Gasteiger partial charge in [0.15, 0.2) is 5.79 Å². The summed E-state index contributed by atoms with van der Waals surface area (Å²) in [5.41, 5.74) is 8.18. The third-order valence-corrected chi connectivity index (χ3v) is 6.32. The number of benzene rings is 1. The number of nitrogens with one attached hydrogen (secondary N) is 1. The van der Waals surface area contributed by atoms with E-state index in [9.17, 15) is 20.4 Å². The van der Waals surface area contributed by atoms with Crippen molar-refractivity contribution in [2.45, 2.75) is 86.7 Å². The number of terminal acetylenes is 2. The topological polar surface area (TPSA) is 109 Å². The molecule has 7 nitrogen and oxygen atoms in total. The molecule has 2 rings (SSSR count). The molecule has 5 N–H and O–H groups in total. The van der Waals surface area contributed by atoms with Gasteiger partial charge < -0.3 is 25.3 Å². The lowest BCUT2D eigenvalue weighted by molar-refractivity contribution is -0.185. The average molecular weight is 592 g/mol. The zero-order valence-electron chi connectivity index (χ0n) is 27.6. The maximum absolute atomic E-state index is 10.7. The highest BCUT2D eigenvalue weighted by atomic mass is 16.5. The van der Waals surface area contributed by atoms with E-state index in [-0.39, 0.29) is 30.6 Å². The smallest absolute Gasteiger partial charge is 0.201 e. The van der Waals surface area contributed by atoms with E-state index in [1.807, 2.05) is 58.0 Å². The Kier molecular flexibility index (Phi) is 16.6. The minimum absolute atomic E-state index is 0.160. The second-order valence-corrected chi connectivity index (χ2v) is 11.2. The standard InChI is InChI=1S/C32H45N3O4.C2H6.C2H2/c1-9-17-32(38,39)22-35(29(23(3)4)31(8,36)37)21-25-15-16-26(20-30(6,7)19-25)28-14-12-11-13-27(28)24(5)34-33-18-10-2;2*1-2/h2,11-16,19-20,33,36-39H,9,17-18,21-22H2,1,3-8H3;1-2H3;1-2H/b34-24+;;. The van der Waals surface area contributed by atoms with Crippen LogP contribution in [0.4, 0.5) is 0 Å². The summed E-state index contributed by atoms with van der Waals surface area (Å²) in [4.78, 5) is 1.66. The summed E-state index contributed by atoms with van der Waals surface area (Å²) >= 11 is 0. The lowest BCUT2D eigenvalue weighted by Gasteiger charge is -2.38. The Morgan fingerprint density at radius 2 is 1.63 bits per heavy atom. The zero-order chi connectivity index (χ0) is 33.4. The maximum atomic E-state index is 10.7. The Hall–Kier alpha value is -3.59. The van der Waals surface area contributed by atoms with E-state index in [1.165, 1.54) is 6.92 Å².